The highest BCUT2D eigenvalue weighted by atomic mass is 16.5. The van der Waals surface area contributed by atoms with Crippen LogP contribution in [0.4, 0.5) is 5.69 Å². The van der Waals surface area contributed by atoms with Crippen LogP contribution in [-0.4, -0.2) is 48.7 Å². The number of amides is 2. The molecule has 0 radical (unpaired) electrons. The summed E-state index contributed by atoms with van der Waals surface area (Å²) >= 11 is 0. The second-order valence-electron chi connectivity index (χ2n) is 9.87. The Labute approximate surface area is 230 Å². The molecule has 202 valence electrons. The number of Topliss-reactive ketones (excluding diaryl/α,β-unsaturated/α-hetero) is 1. The molecule has 9 nitrogen and oxygen atoms in total. The van der Waals surface area contributed by atoms with Crippen LogP contribution in [0, 0.1) is 11.8 Å². The minimum atomic E-state index is -0.917. The van der Waals surface area contributed by atoms with Crippen LogP contribution in [0.25, 0.3) is 6.08 Å². The highest BCUT2D eigenvalue weighted by Crippen LogP contribution is 2.54. The molecule has 9 heteroatoms. The van der Waals surface area contributed by atoms with Crippen molar-refractivity contribution in [2.45, 2.75) is 19.0 Å². The standard InChI is InChI=1S/C31H26N2O7/c1-17(34)40-21-11-9-20(10-12-21)33-30(36)25-26(31(33)37)28(29(35)19-8-13-23(38-2)24(16-19)39-3)32-15-14-18-6-4-5-7-22(18)27(25)32/h4-16,25-28H,1-3H3. The third-order valence-corrected chi connectivity index (χ3v) is 7.75. The van der Waals surface area contributed by atoms with Crippen molar-refractivity contribution in [3.8, 4) is 17.2 Å². The van der Waals surface area contributed by atoms with Crippen LogP contribution >= 0.6 is 0 Å². The zero-order valence-corrected chi connectivity index (χ0v) is 22.1. The van der Waals surface area contributed by atoms with E-state index in [0.717, 1.165) is 16.0 Å². The molecule has 0 saturated carbocycles. The van der Waals surface area contributed by atoms with Gasteiger partial charge in [0.25, 0.3) is 0 Å². The van der Waals surface area contributed by atoms with E-state index in [0.29, 0.717) is 28.5 Å². The first-order valence-corrected chi connectivity index (χ1v) is 12.8. The lowest BCUT2D eigenvalue weighted by atomic mass is 9.83. The van der Waals surface area contributed by atoms with Crippen molar-refractivity contribution in [2.75, 3.05) is 19.1 Å². The number of nitrogens with zero attached hydrogens (tertiary/aromatic N) is 2. The number of methoxy groups -OCH3 is 2. The van der Waals surface area contributed by atoms with Crippen molar-refractivity contribution in [2.24, 2.45) is 11.8 Å². The van der Waals surface area contributed by atoms with Crippen LogP contribution < -0.4 is 19.1 Å². The molecule has 40 heavy (non-hydrogen) atoms. The lowest BCUT2D eigenvalue weighted by Gasteiger charge is -2.35. The van der Waals surface area contributed by atoms with Gasteiger partial charge in [0.1, 0.15) is 11.8 Å². The van der Waals surface area contributed by atoms with Gasteiger partial charge in [-0.3, -0.25) is 19.2 Å². The number of carbonyl (C=O) groups is 4. The number of hydrogen-bond acceptors (Lipinski definition) is 8. The largest absolute Gasteiger partial charge is 0.493 e. The van der Waals surface area contributed by atoms with Gasteiger partial charge in [0.2, 0.25) is 11.8 Å². The van der Waals surface area contributed by atoms with Gasteiger partial charge in [-0.1, -0.05) is 24.3 Å². The number of ketones is 1. The zero-order chi connectivity index (χ0) is 28.1. The van der Waals surface area contributed by atoms with Crippen molar-refractivity contribution in [1.29, 1.82) is 0 Å². The van der Waals surface area contributed by atoms with Gasteiger partial charge in [0, 0.05) is 18.7 Å². The van der Waals surface area contributed by atoms with Crippen LogP contribution in [0.2, 0.25) is 0 Å². The Morgan fingerprint density at radius 3 is 2.23 bits per heavy atom. The number of anilines is 1. The molecule has 2 amide bonds. The minimum absolute atomic E-state index is 0.296. The summed E-state index contributed by atoms with van der Waals surface area (Å²) in [6.45, 7) is 1.29. The molecule has 6 rings (SSSR count). The molecular weight excluding hydrogens is 512 g/mol. The molecule has 4 atom stereocenters. The second kappa shape index (κ2) is 9.68. The van der Waals surface area contributed by atoms with Crippen LogP contribution in [0.5, 0.6) is 17.2 Å². The number of carbonyl (C=O) groups excluding carboxylic acids is 4. The maximum atomic E-state index is 14.2. The van der Waals surface area contributed by atoms with E-state index in [1.807, 2.05) is 41.4 Å². The van der Waals surface area contributed by atoms with Crippen molar-refractivity contribution >= 4 is 35.3 Å². The first-order valence-electron chi connectivity index (χ1n) is 12.8. The van der Waals surface area contributed by atoms with Gasteiger partial charge in [-0.05, 0) is 59.7 Å². The molecule has 3 aliphatic rings. The van der Waals surface area contributed by atoms with Gasteiger partial charge in [-0.25, -0.2) is 4.90 Å². The van der Waals surface area contributed by atoms with E-state index in [1.54, 1.807) is 30.3 Å². The van der Waals surface area contributed by atoms with Crippen molar-refractivity contribution in [3.05, 3.63) is 89.6 Å². The predicted molar refractivity (Wildman–Crippen MR) is 145 cm³/mol. The second-order valence-corrected chi connectivity index (χ2v) is 9.87. The highest BCUT2D eigenvalue weighted by molar-refractivity contribution is 6.24. The van der Waals surface area contributed by atoms with Gasteiger partial charge in [-0.15, -0.1) is 0 Å². The molecule has 0 bridgehead atoms. The topological polar surface area (TPSA) is 102 Å². The Balaban J connectivity index is 1.44. The highest BCUT2D eigenvalue weighted by Gasteiger charge is 2.64. The van der Waals surface area contributed by atoms with Crippen LogP contribution in [0.1, 0.15) is 34.5 Å². The van der Waals surface area contributed by atoms with Gasteiger partial charge in [0.15, 0.2) is 17.3 Å². The number of rotatable bonds is 6. The first-order chi connectivity index (χ1) is 19.3. The Kier molecular flexibility index (Phi) is 6.14. The lowest BCUT2D eigenvalue weighted by molar-refractivity contribution is -0.132. The van der Waals surface area contributed by atoms with Crippen molar-refractivity contribution in [3.63, 3.8) is 0 Å². The number of fused-ring (bicyclic) bond motifs is 5. The SMILES string of the molecule is COc1ccc(C(=O)C2C3C(=O)N(c4ccc(OC(C)=O)cc4)C(=O)C3C3c4ccccc4C=CN23)cc1OC. The van der Waals surface area contributed by atoms with Gasteiger partial charge >= 0.3 is 5.97 Å². The Morgan fingerprint density at radius 1 is 0.825 bits per heavy atom. The molecule has 3 aliphatic heterocycles. The molecule has 4 unspecified atom stereocenters. The number of imide groups is 1. The smallest absolute Gasteiger partial charge is 0.308 e. The molecule has 0 N–H and O–H groups in total. The molecule has 2 saturated heterocycles. The predicted octanol–water partition coefficient (Wildman–Crippen LogP) is 4.03. The number of ether oxygens (including phenoxy) is 3. The van der Waals surface area contributed by atoms with E-state index in [2.05, 4.69) is 0 Å². The maximum Gasteiger partial charge on any atom is 0.308 e. The molecule has 2 fully saturated rings. The van der Waals surface area contributed by atoms with Crippen molar-refractivity contribution in [1.82, 2.24) is 4.90 Å². The normalized spacial score (nSPS) is 22.5. The van der Waals surface area contributed by atoms with Crippen molar-refractivity contribution < 1.29 is 33.4 Å². The van der Waals surface area contributed by atoms with E-state index in [-0.39, 0.29) is 11.7 Å². The molecule has 0 spiro atoms. The van der Waals surface area contributed by atoms with E-state index < -0.39 is 35.8 Å². The minimum Gasteiger partial charge on any atom is -0.493 e. The van der Waals surface area contributed by atoms with E-state index >= 15 is 0 Å². The molecule has 3 aromatic rings. The molecule has 3 aromatic carbocycles. The Bertz CT molecular complexity index is 1580. The average Bonchev–Trinajstić information content (AvgIpc) is 3.44. The third kappa shape index (κ3) is 3.85. The first kappa shape index (κ1) is 25.4. The lowest BCUT2D eigenvalue weighted by Crippen LogP contribution is -2.44. The van der Waals surface area contributed by atoms with Crippen LogP contribution in [0.3, 0.4) is 0 Å². The Hall–Kier alpha value is -4.92. The summed E-state index contributed by atoms with van der Waals surface area (Å²) < 4.78 is 15.8. The molecule has 0 aromatic heterocycles. The summed E-state index contributed by atoms with van der Waals surface area (Å²) in [6, 6.07) is 17.3. The molecular formula is C31H26N2O7. The van der Waals surface area contributed by atoms with E-state index in [1.165, 1.54) is 33.3 Å². The van der Waals surface area contributed by atoms with Gasteiger partial charge in [0.05, 0.1) is 37.8 Å². The number of hydrogen-bond donors (Lipinski definition) is 0. The fourth-order valence-electron chi connectivity index (χ4n) is 6.10. The van der Waals surface area contributed by atoms with E-state index in [4.69, 9.17) is 14.2 Å². The fourth-order valence-corrected chi connectivity index (χ4v) is 6.10. The summed E-state index contributed by atoms with van der Waals surface area (Å²) in [5.41, 5.74) is 2.52. The summed E-state index contributed by atoms with van der Waals surface area (Å²) in [5.74, 6) is -2.12. The summed E-state index contributed by atoms with van der Waals surface area (Å²) in [4.78, 5) is 56.6. The number of esters is 1. The van der Waals surface area contributed by atoms with Gasteiger partial charge < -0.3 is 19.1 Å². The fraction of sp³-hybridized carbons (Fsp3) is 0.226. The van der Waals surface area contributed by atoms with Crippen LogP contribution in [0.15, 0.2) is 72.9 Å². The molecule has 0 aliphatic carbocycles. The zero-order valence-electron chi connectivity index (χ0n) is 22.1. The summed E-state index contributed by atoms with van der Waals surface area (Å²) in [6.07, 6.45) is 3.72. The quantitative estimate of drug-likeness (QED) is 0.201. The van der Waals surface area contributed by atoms with E-state index in [9.17, 15) is 19.2 Å². The van der Waals surface area contributed by atoms with Gasteiger partial charge in [-0.2, -0.15) is 0 Å². The summed E-state index contributed by atoms with van der Waals surface area (Å²) in [5, 5.41) is 0. The molecule has 3 heterocycles. The monoisotopic (exact) mass is 538 g/mol. The summed E-state index contributed by atoms with van der Waals surface area (Å²) in [7, 11) is 3.00. The maximum absolute atomic E-state index is 14.2. The average molecular weight is 539 g/mol. The Morgan fingerprint density at radius 2 is 1.52 bits per heavy atom. The third-order valence-electron chi connectivity index (χ3n) is 7.75. The number of benzene rings is 3. The van der Waals surface area contributed by atoms with Crippen LogP contribution in [-0.2, 0) is 14.4 Å².